The van der Waals surface area contributed by atoms with Gasteiger partial charge in [-0.2, -0.15) is 13.2 Å². The molecule has 0 amide bonds. The Morgan fingerprint density at radius 3 is 2.58 bits per heavy atom. The van der Waals surface area contributed by atoms with Crippen LogP contribution in [0.25, 0.3) is 16.7 Å². The average molecular weight is 480 g/mol. The lowest BCUT2D eigenvalue weighted by Crippen LogP contribution is -2.46. The molecule has 0 saturated carbocycles. The molecule has 0 bridgehead atoms. The normalized spacial score (nSPS) is 15.7. The van der Waals surface area contributed by atoms with Crippen LogP contribution >= 0.6 is 11.6 Å². The van der Waals surface area contributed by atoms with E-state index >= 15 is 0 Å². The molecule has 0 saturated heterocycles. The fraction of sp³-hybridized carbons (Fsp3) is 0.217. The Bertz CT molecular complexity index is 1320. The van der Waals surface area contributed by atoms with Crippen molar-refractivity contribution in [1.29, 1.82) is 0 Å². The van der Waals surface area contributed by atoms with Crippen LogP contribution in [0.1, 0.15) is 29.5 Å². The van der Waals surface area contributed by atoms with Crippen molar-refractivity contribution in [2.24, 2.45) is 17.8 Å². The first-order chi connectivity index (χ1) is 15.4. The van der Waals surface area contributed by atoms with Gasteiger partial charge in [-0.25, -0.2) is 4.79 Å². The number of hydrogen-bond donors (Lipinski definition) is 2. The number of alkyl halides is 3. The number of benzene rings is 2. The molecule has 0 unspecified atom stereocenters. The molecule has 0 aliphatic heterocycles. The summed E-state index contributed by atoms with van der Waals surface area (Å²) >= 11 is 6.35. The number of halogens is 4. The van der Waals surface area contributed by atoms with Gasteiger partial charge >= 0.3 is 11.9 Å². The number of aromatic nitrogens is 1. The molecule has 174 valence electrons. The van der Waals surface area contributed by atoms with E-state index in [1.807, 2.05) is 0 Å². The van der Waals surface area contributed by atoms with Gasteiger partial charge < -0.3 is 15.3 Å². The van der Waals surface area contributed by atoms with E-state index in [2.05, 4.69) is 11.6 Å². The minimum atomic E-state index is -5.07. The largest absolute Gasteiger partial charge is 0.422 e. The fourth-order valence-electron chi connectivity index (χ4n) is 3.65. The molecule has 0 radical (unpaired) electrons. The molecule has 2 aromatic carbocycles. The number of aliphatic imine (C=N–C) groups is 1. The quantitative estimate of drug-likeness (QED) is 0.494. The van der Waals surface area contributed by atoms with Crippen LogP contribution in [0.15, 0.2) is 69.6 Å². The van der Waals surface area contributed by atoms with Crippen molar-refractivity contribution < 1.29 is 22.7 Å². The van der Waals surface area contributed by atoms with Gasteiger partial charge in [-0.15, -0.1) is 0 Å². The Hall–Kier alpha value is -3.30. The smallest absolute Gasteiger partial charge is 0.408 e. The molecule has 2 atom stereocenters. The van der Waals surface area contributed by atoms with Crippen LogP contribution in [0.2, 0.25) is 5.02 Å². The monoisotopic (exact) mass is 479 g/mol. The highest BCUT2D eigenvalue weighted by Gasteiger charge is 2.59. The Morgan fingerprint density at radius 1 is 1.30 bits per heavy atom. The van der Waals surface area contributed by atoms with Crippen molar-refractivity contribution in [2.45, 2.75) is 24.6 Å². The van der Waals surface area contributed by atoms with Crippen molar-refractivity contribution in [1.82, 2.24) is 4.57 Å². The van der Waals surface area contributed by atoms with Crippen LogP contribution in [-0.4, -0.2) is 22.1 Å². The summed E-state index contributed by atoms with van der Waals surface area (Å²) in [5.74, 6) is -2.24. The predicted molar refractivity (Wildman–Crippen MR) is 122 cm³/mol. The van der Waals surface area contributed by atoms with Crippen LogP contribution in [0.3, 0.4) is 0 Å². The molecule has 6 nitrogen and oxygen atoms in total. The fourth-order valence-corrected chi connectivity index (χ4v) is 4.00. The van der Waals surface area contributed by atoms with Gasteiger partial charge in [0.25, 0.3) is 0 Å². The minimum absolute atomic E-state index is 0.00539. The Morgan fingerprint density at radius 2 is 2.00 bits per heavy atom. The highest BCUT2D eigenvalue weighted by molar-refractivity contribution is 6.31. The number of aliphatic hydroxyl groups is 1. The highest BCUT2D eigenvalue weighted by Crippen LogP contribution is 2.50. The van der Waals surface area contributed by atoms with E-state index in [-0.39, 0.29) is 21.7 Å². The van der Waals surface area contributed by atoms with E-state index in [1.165, 1.54) is 56.9 Å². The number of rotatable bonds is 6. The second-order valence-corrected chi connectivity index (χ2v) is 7.82. The minimum Gasteiger partial charge on any atom is -0.408 e. The summed E-state index contributed by atoms with van der Waals surface area (Å²) < 4.78 is 49.0. The zero-order chi connectivity index (χ0) is 24.6. The Kier molecular flexibility index (Phi) is 6.58. The topological polar surface area (TPSA) is 93.8 Å². The zero-order valence-corrected chi connectivity index (χ0v) is 18.5. The molecule has 0 spiro atoms. The van der Waals surface area contributed by atoms with Gasteiger partial charge in [0, 0.05) is 42.2 Å². The van der Waals surface area contributed by atoms with Crippen LogP contribution in [0.4, 0.5) is 13.2 Å². The summed E-state index contributed by atoms with van der Waals surface area (Å²) in [6, 6.07) is 7.77. The van der Waals surface area contributed by atoms with Gasteiger partial charge in [-0.3, -0.25) is 9.56 Å². The van der Waals surface area contributed by atoms with Crippen LogP contribution in [0, 0.1) is 0 Å². The lowest BCUT2D eigenvalue weighted by molar-refractivity contribution is -0.274. The maximum absolute atomic E-state index is 14.3. The third-order valence-electron chi connectivity index (χ3n) is 5.59. The van der Waals surface area contributed by atoms with Crippen molar-refractivity contribution in [2.75, 3.05) is 0 Å². The second kappa shape index (κ2) is 8.92. The lowest BCUT2D eigenvalue weighted by atomic mass is 9.77. The summed E-state index contributed by atoms with van der Waals surface area (Å²) in [6.07, 6.45) is -1.06. The van der Waals surface area contributed by atoms with Gasteiger partial charge in [-0.1, -0.05) is 43.3 Å². The highest BCUT2D eigenvalue weighted by atomic mass is 35.5. The van der Waals surface area contributed by atoms with Crippen molar-refractivity contribution in [3.05, 3.63) is 87.6 Å². The number of fused-ring (bicyclic) bond motifs is 1. The number of aryl methyl sites for hydroxylation is 1. The second-order valence-electron chi connectivity index (χ2n) is 7.41. The summed E-state index contributed by atoms with van der Waals surface area (Å²) in [6.45, 7) is 4.70. The number of allylic oxidation sites excluding steroid dienone is 1. The maximum Gasteiger partial charge on any atom is 0.422 e. The summed E-state index contributed by atoms with van der Waals surface area (Å²) in [5, 5.41) is 11.1. The lowest BCUT2D eigenvalue weighted by Gasteiger charge is -2.37. The number of hydrogen-bond acceptors (Lipinski definition) is 5. The molecule has 33 heavy (non-hydrogen) atoms. The van der Waals surface area contributed by atoms with Gasteiger partial charge in [0.05, 0.1) is 5.52 Å². The Labute approximate surface area is 192 Å². The molecule has 0 aliphatic carbocycles. The van der Waals surface area contributed by atoms with E-state index in [1.54, 1.807) is 0 Å². The first kappa shape index (κ1) is 24.3. The SMILES string of the molecule is C=C/N=C\C(=C/N)c1ccc([C@@H](C)[C@@](O)(c2ccc3oc(=O)n(C)c3c2)C(F)(F)F)c(Cl)c1. The first-order valence-electron chi connectivity index (χ1n) is 9.70. The van der Waals surface area contributed by atoms with E-state index < -0.39 is 29.0 Å². The zero-order valence-electron chi connectivity index (χ0n) is 17.7. The Balaban J connectivity index is 2.14. The van der Waals surface area contributed by atoms with E-state index in [0.717, 1.165) is 16.7 Å². The van der Waals surface area contributed by atoms with Crippen LogP contribution in [0.5, 0.6) is 0 Å². The van der Waals surface area contributed by atoms with Crippen LogP contribution in [-0.2, 0) is 12.6 Å². The van der Waals surface area contributed by atoms with Crippen molar-refractivity contribution in [3.8, 4) is 0 Å². The molecular formula is C23H21ClF3N3O3. The van der Waals surface area contributed by atoms with Crippen molar-refractivity contribution >= 4 is 34.5 Å². The van der Waals surface area contributed by atoms with E-state index in [0.29, 0.717) is 11.1 Å². The third-order valence-corrected chi connectivity index (χ3v) is 5.92. The summed E-state index contributed by atoms with van der Waals surface area (Å²) in [5.41, 5.74) is 3.14. The van der Waals surface area contributed by atoms with Gasteiger partial charge in [0.1, 0.15) is 0 Å². The average Bonchev–Trinajstić information content (AvgIpc) is 3.05. The van der Waals surface area contributed by atoms with E-state index in [9.17, 15) is 23.1 Å². The molecule has 0 fully saturated rings. The molecule has 1 heterocycles. The number of nitrogens with zero attached hydrogens (tertiary/aromatic N) is 2. The molecular weight excluding hydrogens is 459 g/mol. The first-order valence-corrected chi connectivity index (χ1v) is 10.1. The number of oxazole rings is 1. The maximum atomic E-state index is 14.3. The summed E-state index contributed by atoms with van der Waals surface area (Å²) in [4.78, 5) is 15.6. The number of nitrogens with two attached hydrogens (primary N) is 1. The predicted octanol–water partition coefficient (Wildman–Crippen LogP) is 4.85. The van der Waals surface area contributed by atoms with Crippen molar-refractivity contribution in [3.63, 3.8) is 0 Å². The standard InChI is InChI=1S/C23H21ClF3N3O3/c1-4-29-12-15(11-28)14-5-7-17(18(24)9-14)13(2)22(32,23(25,26)27)16-6-8-20-19(10-16)30(3)21(31)33-20/h4-13,32H,1,28H2,2-3H3/b15-11+,29-12-/t13-,22-/m1/s1. The van der Waals surface area contributed by atoms with E-state index in [4.69, 9.17) is 21.8 Å². The molecule has 10 heteroatoms. The third kappa shape index (κ3) is 4.21. The van der Waals surface area contributed by atoms with Gasteiger partial charge in [0.2, 0.25) is 0 Å². The summed E-state index contributed by atoms with van der Waals surface area (Å²) in [7, 11) is 1.36. The van der Waals surface area contributed by atoms with Gasteiger partial charge in [-0.05, 0) is 34.9 Å². The molecule has 3 aromatic rings. The molecule has 3 rings (SSSR count). The molecule has 3 N–H and O–H groups in total. The molecule has 1 aromatic heterocycles. The van der Waals surface area contributed by atoms with Crippen LogP contribution < -0.4 is 11.5 Å². The van der Waals surface area contributed by atoms with Gasteiger partial charge in [0.15, 0.2) is 11.2 Å². The molecule has 0 aliphatic rings.